The molecule has 0 spiro atoms. The maximum Gasteiger partial charge on any atom is 0.214 e. The largest absolute Gasteiger partial charge is 0.241 e. The monoisotopic (exact) mass is 178 g/mol. The van der Waals surface area contributed by atoms with Gasteiger partial charge in [0.25, 0.3) is 0 Å². The third-order valence-corrected chi connectivity index (χ3v) is 2.28. The Balaban J connectivity index is 2.14. The molecule has 1 fully saturated rings. The molecule has 0 atom stereocenters. The Kier molecular flexibility index (Phi) is 3.82. The van der Waals surface area contributed by atoms with Crippen molar-refractivity contribution in [2.75, 3.05) is 0 Å². The molecule has 0 unspecified atom stereocenters. The Morgan fingerprint density at radius 1 is 1.09 bits per heavy atom. The molecule has 0 bridgehead atoms. The molecular weight excluding hydrogens is 164 g/mol. The highest BCUT2D eigenvalue weighted by atomic mass is 32.2. The van der Waals surface area contributed by atoms with Crippen LogP contribution in [0.2, 0.25) is 0 Å². The minimum Gasteiger partial charge on any atom is -0.241 e. The van der Waals surface area contributed by atoms with Crippen molar-refractivity contribution in [3.63, 3.8) is 0 Å². The average Bonchev–Trinajstić information content (AvgIpc) is 2.03. The summed E-state index contributed by atoms with van der Waals surface area (Å²) in [5.74, 6) is 0. The van der Waals surface area contributed by atoms with Gasteiger partial charge in [0.15, 0.2) is 0 Å². The second-order valence-electron chi connectivity index (χ2n) is 2.85. The quantitative estimate of drug-likeness (QED) is 0.419. The normalized spacial score (nSPS) is 20.8. The van der Waals surface area contributed by atoms with Crippen LogP contribution in [0.3, 0.4) is 0 Å². The molecule has 0 saturated heterocycles. The fraction of sp³-hybridized carbons (Fsp3) is 1.00. The van der Waals surface area contributed by atoms with Crippen molar-refractivity contribution in [3.05, 3.63) is 0 Å². The van der Waals surface area contributed by atoms with Crippen LogP contribution in [0.5, 0.6) is 0 Å². The standard InChI is InChI=1S/C6H14N2O2S/c9-11(10)8-7-6-4-2-1-3-5-6/h6-7,11H,1-5H2,(H,8,9,10). The second kappa shape index (κ2) is 4.69. The molecule has 1 aliphatic rings. The Bertz CT molecular complexity index is 167. The van der Waals surface area contributed by atoms with E-state index in [0.717, 1.165) is 12.8 Å². The van der Waals surface area contributed by atoms with Crippen molar-refractivity contribution in [2.24, 2.45) is 0 Å². The van der Waals surface area contributed by atoms with E-state index in [4.69, 9.17) is 0 Å². The molecule has 2 N–H and O–H groups in total. The van der Waals surface area contributed by atoms with E-state index in [0.29, 0.717) is 6.04 Å². The third-order valence-electron chi connectivity index (χ3n) is 1.97. The van der Waals surface area contributed by atoms with Gasteiger partial charge in [-0.05, 0) is 12.8 Å². The van der Waals surface area contributed by atoms with Crippen LogP contribution in [0, 0.1) is 0 Å². The number of hydrazine groups is 1. The van der Waals surface area contributed by atoms with Crippen LogP contribution in [-0.2, 0) is 10.9 Å². The van der Waals surface area contributed by atoms with Crippen molar-refractivity contribution in [1.82, 2.24) is 10.3 Å². The van der Waals surface area contributed by atoms with E-state index in [-0.39, 0.29) is 0 Å². The molecule has 0 heterocycles. The first-order valence-corrected chi connectivity index (χ1v) is 5.12. The van der Waals surface area contributed by atoms with E-state index in [1.54, 1.807) is 0 Å². The fourth-order valence-electron chi connectivity index (χ4n) is 1.39. The highest BCUT2D eigenvalue weighted by Crippen LogP contribution is 2.16. The number of thiol groups is 1. The molecule has 0 aromatic carbocycles. The van der Waals surface area contributed by atoms with Gasteiger partial charge in [-0.15, -0.1) is 0 Å². The van der Waals surface area contributed by atoms with Crippen molar-refractivity contribution >= 4 is 10.9 Å². The predicted octanol–water partition coefficient (Wildman–Crippen LogP) is -0.0603. The van der Waals surface area contributed by atoms with E-state index in [1.807, 2.05) is 0 Å². The van der Waals surface area contributed by atoms with Crippen molar-refractivity contribution in [2.45, 2.75) is 38.1 Å². The van der Waals surface area contributed by atoms with Crippen LogP contribution < -0.4 is 10.3 Å². The Morgan fingerprint density at radius 3 is 2.27 bits per heavy atom. The first-order valence-electron chi connectivity index (χ1n) is 3.94. The zero-order valence-corrected chi connectivity index (χ0v) is 7.27. The first-order chi connectivity index (χ1) is 5.29. The topological polar surface area (TPSA) is 58.2 Å². The summed E-state index contributed by atoms with van der Waals surface area (Å²) in [6.07, 6.45) is 5.85. The molecule has 1 saturated carbocycles. The lowest BCUT2D eigenvalue weighted by Gasteiger charge is -2.21. The molecule has 66 valence electrons. The summed E-state index contributed by atoms with van der Waals surface area (Å²) < 4.78 is 20.2. The van der Waals surface area contributed by atoms with E-state index < -0.39 is 10.9 Å². The Labute approximate surface area is 68.4 Å². The van der Waals surface area contributed by atoms with Gasteiger partial charge in [0.1, 0.15) is 0 Å². The lowest BCUT2D eigenvalue weighted by atomic mass is 9.96. The average molecular weight is 178 g/mol. The molecule has 11 heavy (non-hydrogen) atoms. The van der Waals surface area contributed by atoms with Crippen LogP contribution in [0.1, 0.15) is 32.1 Å². The lowest BCUT2D eigenvalue weighted by molar-refractivity contribution is 0.363. The van der Waals surface area contributed by atoms with Gasteiger partial charge in [0.05, 0.1) is 0 Å². The molecule has 0 radical (unpaired) electrons. The van der Waals surface area contributed by atoms with Gasteiger partial charge in [-0.2, -0.15) is 4.83 Å². The molecular formula is C6H14N2O2S. The highest BCUT2D eigenvalue weighted by Gasteiger charge is 2.11. The summed E-state index contributed by atoms with van der Waals surface area (Å²) in [6, 6.07) is 0.344. The number of rotatable bonds is 3. The van der Waals surface area contributed by atoms with Crippen molar-refractivity contribution in [3.8, 4) is 0 Å². The van der Waals surface area contributed by atoms with Gasteiger partial charge >= 0.3 is 0 Å². The van der Waals surface area contributed by atoms with E-state index in [1.165, 1.54) is 19.3 Å². The number of hydrogen-bond acceptors (Lipinski definition) is 3. The van der Waals surface area contributed by atoms with Gasteiger partial charge in [-0.25, -0.2) is 13.8 Å². The summed E-state index contributed by atoms with van der Waals surface area (Å²) in [7, 11) is -2.49. The molecule has 0 amide bonds. The van der Waals surface area contributed by atoms with Crippen molar-refractivity contribution in [1.29, 1.82) is 0 Å². The van der Waals surface area contributed by atoms with Gasteiger partial charge in [0, 0.05) is 6.04 Å². The van der Waals surface area contributed by atoms with Crippen LogP contribution in [-0.4, -0.2) is 14.5 Å². The van der Waals surface area contributed by atoms with Gasteiger partial charge in [0.2, 0.25) is 10.9 Å². The predicted molar refractivity (Wildman–Crippen MR) is 43.5 cm³/mol. The number of nitrogens with one attached hydrogen (secondary N) is 2. The minimum atomic E-state index is -2.49. The van der Waals surface area contributed by atoms with Crippen molar-refractivity contribution < 1.29 is 8.42 Å². The fourth-order valence-corrected chi connectivity index (χ4v) is 1.68. The summed E-state index contributed by atoms with van der Waals surface area (Å²) in [5.41, 5.74) is 2.77. The Morgan fingerprint density at radius 2 is 1.73 bits per heavy atom. The highest BCUT2D eigenvalue weighted by molar-refractivity contribution is 7.70. The maximum absolute atomic E-state index is 10.1. The van der Waals surface area contributed by atoms with Gasteiger partial charge in [-0.3, -0.25) is 0 Å². The summed E-state index contributed by atoms with van der Waals surface area (Å²) in [4.78, 5) is 2.22. The maximum atomic E-state index is 10.1. The molecule has 0 aromatic rings. The first kappa shape index (κ1) is 8.96. The zero-order chi connectivity index (χ0) is 8.10. The molecule has 0 aromatic heterocycles. The molecule has 4 nitrogen and oxygen atoms in total. The summed E-state index contributed by atoms with van der Waals surface area (Å²) in [6.45, 7) is 0. The molecule has 1 rings (SSSR count). The summed E-state index contributed by atoms with van der Waals surface area (Å²) >= 11 is 0. The molecule has 5 heteroatoms. The van der Waals surface area contributed by atoms with Crippen LogP contribution in [0.25, 0.3) is 0 Å². The Hall–Kier alpha value is -0.130. The van der Waals surface area contributed by atoms with Crippen LogP contribution in [0.4, 0.5) is 0 Å². The number of hydrogen-bond donors (Lipinski definition) is 3. The van der Waals surface area contributed by atoms with E-state index in [2.05, 4.69) is 10.3 Å². The lowest BCUT2D eigenvalue weighted by Crippen LogP contribution is -2.40. The van der Waals surface area contributed by atoms with Gasteiger partial charge in [-0.1, -0.05) is 19.3 Å². The molecule has 1 aliphatic carbocycles. The van der Waals surface area contributed by atoms with Gasteiger partial charge < -0.3 is 0 Å². The minimum absolute atomic E-state index is 0.344. The zero-order valence-electron chi connectivity index (χ0n) is 6.38. The summed E-state index contributed by atoms with van der Waals surface area (Å²) in [5, 5.41) is 0. The van der Waals surface area contributed by atoms with E-state index in [9.17, 15) is 8.42 Å². The van der Waals surface area contributed by atoms with Crippen LogP contribution >= 0.6 is 0 Å². The smallest absolute Gasteiger partial charge is 0.214 e. The third kappa shape index (κ3) is 3.69. The molecule has 0 aliphatic heterocycles. The SMILES string of the molecule is O=[SH](=O)NNC1CCCCC1. The van der Waals surface area contributed by atoms with E-state index >= 15 is 0 Å². The second-order valence-corrected chi connectivity index (χ2v) is 3.59. The van der Waals surface area contributed by atoms with Crippen LogP contribution in [0.15, 0.2) is 0 Å².